The Morgan fingerprint density at radius 1 is 1.22 bits per heavy atom. The summed E-state index contributed by atoms with van der Waals surface area (Å²) in [5.41, 5.74) is 2.03. The average molecular weight is 452 g/mol. The molecule has 4 rings (SSSR count). The van der Waals surface area contributed by atoms with E-state index >= 15 is 0 Å². The molecule has 0 bridgehead atoms. The minimum Gasteiger partial charge on any atom is -0.352 e. The normalized spacial score (nSPS) is 14.3. The zero-order valence-electron chi connectivity index (χ0n) is 17.9. The molecule has 166 valence electrons. The summed E-state index contributed by atoms with van der Waals surface area (Å²) in [7, 11) is 0. The molecule has 3 aromatic rings. The zero-order chi connectivity index (χ0) is 22.5. The van der Waals surface area contributed by atoms with Crippen molar-refractivity contribution >= 4 is 28.3 Å². The van der Waals surface area contributed by atoms with Gasteiger partial charge < -0.3 is 10.2 Å². The molecule has 2 heterocycles. The molecule has 1 aromatic heterocycles. The maximum Gasteiger partial charge on any atom is 0.273 e. The summed E-state index contributed by atoms with van der Waals surface area (Å²) in [6.45, 7) is 3.97. The molecule has 1 aliphatic heterocycles. The molecule has 1 fully saturated rings. The molecule has 0 saturated carbocycles. The summed E-state index contributed by atoms with van der Waals surface area (Å²) in [6, 6.07) is 14.8. The lowest BCUT2D eigenvalue weighted by Crippen LogP contribution is -2.38. The van der Waals surface area contributed by atoms with E-state index in [0.717, 1.165) is 43.3 Å². The smallest absolute Gasteiger partial charge is 0.273 e. The number of nitro benzene ring substituents is 1. The summed E-state index contributed by atoms with van der Waals surface area (Å²) < 4.78 is 4.51. The van der Waals surface area contributed by atoms with E-state index in [0.29, 0.717) is 23.6 Å². The number of hydrogen-bond acceptors (Lipinski definition) is 7. The van der Waals surface area contributed by atoms with Crippen LogP contribution in [0.3, 0.4) is 0 Å². The van der Waals surface area contributed by atoms with Gasteiger partial charge in [0, 0.05) is 54.8 Å². The van der Waals surface area contributed by atoms with Gasteiger partial charge in [-0.2, -0.15) is 4.37 Å². The van der Waals surface area contributed by atoms with Gasteiger partial charge in [-0.3, -0.25) is 14.9 Å². The summed E-state index contributed by atoms with van der Waals surface area (Å²) in [4.78, 5) is 30.1. The average Bonchev–Trinajstić information content (AvgIpc) is 3.27. The molecule has 0 atom stereocenters. The maximum atomic E-state index is 12.5. The summed E-state index contributed by atoms with van der Waals surface area (Å²) in [6.07, 6.45) is 2.63. The molecular formula is C23H25N5O3S. The van der Waals surface area contributed by atoms with E-state index in [1.54, 1.807) is 19.1 Å². The zero-order valence-corrected chi connectivity index (χ0v) is 18.7. The maximum absolute atomic E-state index is 12.5. The van der Waals surface area contributed by atoms with Crippen LogP contribution in [0.15, 0.2) is 48.5 Å². The van der Waals surface area contributed by atoms with E-state index in [1.807, 2.05) is 18.2 Å². The number of piperidine rings is 1. The van der Waals surface area contributed by atoms with Crippen LogP contribution in [0.2, 0.25) is 0 Å². The highest BCUT2D eigenvalue weighted by Gasteiger charge is 2.23. The molecule has 32 heavy (non-hydrogen) atoms. The van der Waals surface area contributed by atoms with Crippen molar-refractivity contribution in [2.24, 2.45) is 5.92 Å². The number of carbonyl (C=O) groups excluding carboxylic acids is 1. The standard InChI is InChI=1S/C23H25N5O3S/c1-16-7-8-19(14-20(16)28(30)31)22(29)24-15-18-9-11-27(12-10-18)23-25-21(26-32-23)13-17-5-3-2-4-6-17/h2-8,14,18H,9-13,15H2,1H3,(H,24,29). The van der Waals surface area contributed by atoms with E-state index < -0.39 is 4.92 Å². The molecule has 0 spiro atoms. The number of carbonyl (C=O) groups is 1. The fourth-order valence-electron chi connectivity index (χ4n) is 3.84. The van der Waals surface area contributed by atoms with Crippen LogP contribution in [-0.4, -0.2) is 39.8 Å². The number of aromatic nitrogens is 2. The lowest BCUT2D eigenvalue weighted by atomic mass is 9.97. The summed E-state index contributed by atoms with van der Waals surface area (Å²) in [5.74, 6) is 0.940. The minimum absolute atomic E-state index is 0.0327. The fraction of sp³-hybridized carbons (Fsp3) is 0.348. The van der Waals surface area contributed by atoms with Gasteiger partial charge in [-0.05, 0) is 37.3 Å². The van der Waals surface area contributed by atoms with Crippen LogP contribution < -0.4 is 10.2 Å². The SMILES string of the molecule is Cc1ccc(C(=O)NCC2CCN(c3nc(Cc4ccccc4)ns3)CC2)cc1[N+](=O)[O-]. The molecule has 9 heteroatoms. The highest BCUT2D eigenvalue weighted by Crippen LogP contribution is 2.25. The summed E-state index contributed by atoms with van der Waals surface area (Å²) >= 11 is 1.44. The van der Waals surface area contributed by atoms with Crippen molar-refractivity contribution in [3.63, 3.8) is 0 Å². The van der Waals surface area contributed by atoms with E-state index in [-0.39, 0.29) is 11.6 Å². The second-order valence-corrected chi connectivity index (χ2v) is 8.78. The van der Waals surface area contributed by atoms with Crippen LogP contribution in [0.1, 0.15) is 40.2 Å². The molecule has 1 saturated heterocycles. The first-order chi connectivity index (χ1) is 15.5. The predicted octanol–water partition coefficient (Wildman–Crippen LogP) is 3.99. The number of nitro groups is 1. The number of nitrogens with zero attached hydrogens (tertiary/aromatic N) is 4. The minimum atomic E-state index is -0.458. The van der Waals surface area contributed by atoms with Crippen molar-refractivity contribution in [2.75, 3.05) is 24.5 Å². The molecule has 1 amide bonds. The van der Waals surface area contributed by atoms with Crippen molar-refractivity contribution in [2.45, 2.75) is 26.2 Å². The first kappa shape index (κ1) is 21.9. The Morgan fingerprint density at radius 2 is 1.97 bits per heavy atom. The molecule has 0 aliphatic carbocycles. The summed E-state index contributed by atoms with van der Waals surface area (Å²) in [5, 5.41) is 15.0. The van der Waals surface area contributed by atoms with Gasteiger partial charge in [0.2, 0.25) is 5.13 Å². The monoisotopic (exact) mass is 451 g/mol. The van der Waals surface area contributed by atoms with Crippen molar-refractivity contribution < 1.29 is 9.72 Å². The van der Waals surface area contributed by atoms with E-state index in [9.17, 15) is 14.9 Å². The van der Waals surface area contributed by atoms with Gasteiger partial charge in [-0.15, -0.1) is 0 Å². The Kier molecular flexibility index (Phi) is 6.75. The third-order valence-corrected chi connectivity index (χ3v) is 6.58. The topological polar surface area (TPSA) is 101 Å². The second-order valence-electron chi connectivity index (χ2n) is 8.05. The quantitative estimate of drug-likeness (QED) is 0.430. The Bertz CT molecular complexity index is 1090. The van der Waals surface area contributed by atoms with E-state index in [4.69, 9.17) is 4.98 Å². The number of amides is 1. The van der Waals surface area contributed by atoms with Crippen LogP contribution >= 0.6 is 11.5 Å². The lowest BCUT2D eigenvalue weighted by molar-refractivity contribution is -0.385. The van der Waals surface area contributed by atoms with E-state index in [2.05, 4.69) is 26.7 Å². The first-order valence-electron chi connectivity index (χ1n) is 10.6. The number of benzene rings is 2. The Hall–Kier alpha value is -3.33. The first-order valence-corrected chi connectivity index (χ1v) is 11.4. The number of aryl methyl sites for hydroxylation is 1. The number of hydrogen-bond donors (Lipinski definition) is 1. The Labute approximate surface area is 190 Å². The van der Waals surface area contributed by atoms with Crippen molar-refractivity contribution in [1.29, 1.82) is 0 Å². The van der Waals surface area contributed by atoms with Crippen LogP contribution in [0.25, 0.3) is 0 Å². The van der Waals surface area contributed by atoms with Gasteiger partial charge in [-0.25, -0.2) is 4.98 Å². The molecule has 1 aliphatic rings. The molecule has 0 radical (unpaired) electrons. The van der Waals surface area contributed by atoms with Crippen LogP contribution in [0.5, 0.6) is 0 Å². The third kappa shape index (κ3) is 5.28. The Morgan fingerprint density at radius 3 is 2.69 bits per heavy atom. The molecule has 0 unspecified atom stereocenters. The van der Waals surface area contributed by atoms with Crippen LogP contribution in [0.4, 0.5) is 10.8 Å². The second kappa shape index (κ2) is 9.86. The Balaban J connectivity index is 1.26. The van der Waals surface area contributed by atoms with E-state index in [1.165, 1.54) is 23.2 Å². The van der Waals surface area contributed by atoms with Crippen molar-refractivity contribution in [3.05, 3.63) is 81.2 Å². The third-order valence-electron chi connectivity index (χ3n) is 5.77. The number of rotatable bonds is 7. The molecule has 8 nitrogen and oxygen atoms in total. The molecular weight excluding hydrogens is 426 g/mol. The number of nitrogens with one attached hydrogen (secondary N) is 1. The van der Waals surface area contributed by atoms with Gasteiger partial charge in [-0.1, -0.05) is 36.4 Å². The van der Waals surface area contributed by atoms with Gasteiger partial charge >= 0.3 is 0 Å². The van der Waals surface area contributed by atoms with Gasteiger partial charge in [0.15, 0.2) is 0 Å². The van der Waals surface area contributed by atoms with Crippen molar-refractivity contribution in [3.8, 4) is 0 Å². The van der Waals surface area contributed by atoms with Crippen LogP contribution in [0, 0.1) is 23.0 Å². The largest absolute Gasteiger partial charge is 0.352 e. The predicted molar refractivity (Wildman–Crippen MR) is 124 cm³/mol. The molecule has 1 N–H and O–H groups in total. The van der Waals surface area contributed by atoms with Gasteiger partial charge in [0.05, 0.1) is 4.92 Å². The highest BCUT2D eigenvalue weighted by molar-refractivity contribution is 7.09. The fourth-order valence-corrected chi connectivity index (χ4v) is 4.57. The van der Waals surface area contributed by atoms with Gasteiger partial charge in [0.1, 0.15) is 5.82 Å². The highest BCUT2D eigenvalue weighted by atomic mass is 32.1. The van der Waals surface area contributed by atoms with Crippen LogP contribution in [-0.2, 0) is 6.42 Å². The van der Waals surface area contributed by atoms with Gasteiger partial charge in [0.25, 0.3) is 11.6 Å². The molecule has 2 aromatic carbocycles. The lowest BCUT2D eigenvalue weighted by Gasteiger charge is -2.31. The number of anilines is 1. The van der Waals surface area contributed by atoms with Crippen molar-refractivity contribution in [1.82, 2.24) is 14.7 Å².